The first-order valence-corrected chi connectivity index (χ1v) is 5.41. The Labute approximate surface area is 99.8 Å². The normalized spacial score (nSPS) is 12.9. The zero-order valence-corrected chi connectivity index (χ0v) is 11.4. The van der Waals surface area contributed by atoms with Gasteiger partial charge in [0.25, 0.3) is 0 Å². The Morgan fingerprint density at radius 2 is 1.87 bits per heavy atom. The molecule has 4 heteroatoms. The summed E-state index contributed by atoms with van der Waals surface area (Å²) >= 11 is 0. The summed E-state index contributed by atoms with van der Waals surface area (Å²) in [7, 11) is 0. The molecule has 1 amide bonds. The summed E-state index contributed by atoms with van der Waals surface area (Å²) in [5, 5.41) is 0. The highest BCUT2D eigenvalue weighted by Gasteiger charge is 2.27. The largest absolute Gasteiger partial charge is 0.341 e. The Morgan fingerprint density at radius 3 is 2.13 bits per heavy atom. The van der Waals surface area contributed by atoms with E-state index in [2.05, 4.69) is 13.8 Å². The minimum atomic E-state index is -0.747. The number of rotatable bonds is 5. The first kappa shape index (κ1) is 17.1. The van der Waals surface area contributed by atoms with Crippen LogP contribution >= 0.6 is 12.4 Å². The van der Waals surface area contributed by atoms with E-state index in [1.54, 1.807) is 13.8 Å². The molecule has 1 atom stereocenters. The highest BCUT2D eigenvalue weighted by molar-refractivity contribution is 5.85. The van der Waals surface area contributed by atoms with E-state index in [0.29, 0.717) is 5.92 Å². The topological polar surface area (TPSA) is 46.3 Å². The van der Waals surface area contributed by atoms with Crippen LogP contribution < -0.4 is 5.73 Å². The maximum Gasteiger partial charge on any atom is 0.242 e. The van der Waals surface area contributed by atoms with Gasteiger partial charge in [0.15, 0.2) is 0 Å². The molecule has 92 valence electrons. The number of nitrogens with two attached hydrogens (primary N) is 1. The van der Waals surface area contributed by atoms with E-state index in [1.165, 1.54) is 0 Å². The third-order valence-corrected chi connectivity index (χ3v) is 2.45. The molecule has 0 spiro atoms. The van der Waals surface area contributed by atoms with Crippen LogP contribution in [-0.2, 0) is 4.79 Å². The Kier molecular flexibility index (Phi) is 8.07. The minimum absolute atomic E-state index is 0. The fourth-order valence-corrected chi connectivity index (χ4v) is 1.27. The standard InChI is InChI=1S/C11H24N2O.ClH/c1-6-9(3)8-13(7-2)10(14)11(4,5)12;/h9H,6-8,12H2,1-5H3;1H. The van der Waals surface area contributed by atoms with Gasteiger partial charge in [0.2, 0.25) is 5.91 Å². The molecule has 2 N–H and O–H groups in total. The van der Waals surface area contributed by atoms with E-state index >= 15 is 0 Å². The van der Waals surface area contributed by atoms with Gasteiger partial charge in [0, 0.05) is 13.1 Å². The zero-order valence-electron chi connectivity index (χ0n) is 10.5. The summed E-state index contributed by atoms with van der Waals surface area (Å²) in [5.41, 5.74) is 5.03. The highest BCUT2D eigenvalue weighted by Crippen LogP contribution is 2.09. The SMILES string of the molecule is CCC(C)CN(CC)C(=O)C(C)(C)N.Cl. The van der Waals surface area contributed by atoms with Crippen LogP contribution in [0.15, 0.2) is 0 Å². The molecule has 0 saturated carbocycles. The van der Waals surface area contributed by atoms with Gasteiger partial charge in [-0.3, -0.25) is 4.79 Å². The van der Waals surface area contributed by atoms with Crippen LogP contribution in [0.3, 0.4) is 0 Å². The van der Waals surface area contributed by atoms with Crippen LogP contribution in [0.5, 0.6) is 0 Å². The minimum Gasteiger partial charge on any atom is -0.341 e. The van der Waals surface area contributed by atoms with Crippen molar-refractivity contribution < 1.29 is 4.79 Å². The van der Waals surface area contributed by atoms with Crippen molar-refractivity contribution in [2.75, 3.05) is 13.1 Å². The lowest BCUT2D eigenvalue weighted by Crippen LogP contribution is -2.52. The lowest BCUT2D eigenvalue weighted by atomic mass is 10.0. The zero-order chi connectivity index (χ0) is 11.4. The van der Waals surface area contributed by atoms with Gasteiger partial charge in [0.1, 0.15) is 0 Å². The third-order valence-electron chi connectivity index (χ3n) is 2.45. The van der Waals surface area contributed by atoms with Gasteiger partial charge in [-0.05, 0) is 26.7 Å². The molecule has 15 heavy (non-hydrogen) atoms. The van der Waals surface area contributed by atoms with Crippen LogP contribution in [0.1, 0.15) is 41.0 Å². The molecule has 0 saturated heterocycles. The molecule has 0 radical (unpaired) electrons. The Hall–Kier alpha value is -0.280. The van der Waals surface area contributed by atoms with Crippen molar-refractivity contribution in [1.29, 1.82) is 0 Å². The number of hydrogen-bond acceptors (Lipinski definition) is 2. The number of carbonyl (C=O) groups is 1. The maximum atomic E-state index is 11.8. The molecule has 0 aliphatic rings. The first-order chi connectivity index (χ1) is 6.32. The Morgan fingerprint density at radius 1 is 1.40 bits per heavy atom. The highest BCUT2D eigenvalue weighted by atomic mass is 35.5. The van der Waals surface area contributed by atoms with Gasteiger partial charge in [-0.15, -0.1) is 12.4 Å². The monoisotopic (exact) mass is 236 g/mol. The predicted octanol–water partition coefficient (Wildman–Crippen LogP) is 2.04. The lowest BCUT2D eigenvalue weighted by Gasteiger charge is -2.30. The van der Waals surface area contributed by atoms with Crippen molar-refractivity contribution in [2.45, 2.75) is 46.6 Å². The smallest absolute Gasteiger partial charge is 0.242 e. The van der Waals surface area contributed by atoms with Crippen molar-refractivity contribution in [3.63, 3.8) is 0 Å². The average molecular weight is 237 g/mol. The van der Waals surface area contributed by atoms with Gasteiger partial charge in [0.05, 0.1) is 5.54 Å². The summed E-state index contributed by atoms with van der Waals surface area (Å²) in [6, 6.07) is 0. The second kappa shape index (κ2) is 7.07. The lowest BCUT2D eigenvalue weighted by molar-refractivity contribution is -0.136. The summed E-state index contributed by atoms with van der Waals surface area (Å²) in [6.07, 6.45) is 1.09. The molecule has 0 rings (SSSR count). The quantitative estimate of drug-likeness (QED) is 0.794. The van der Waals surface area contributed by atoms with Crippen LogP contribution in [0.2, 0.25) is 0 Å². The fraction of sp³-hybridized carbons (Fsp3) is 0.909. The number of hydrogen-bond donors (Lipinski definition) is 1. The molecule has 0 fully saturated rings. The molecule has 3 nitrogen and oxygen atoms in total. The van der Waals surface area contributed by atoms with E-state index in [-0.39, 0.29) is 18.3 Å². The van der Waals surface area contributed by atoms with Crippen molar-refractivity contribution >= 4 is 18.3 Å². The molecule has 0 aromatic rings. The average Bonchev–Trinajstić information content (AvgIpc) is 2.11. The van der Waals surface area contributed by atoms with E-state index in [9.17, 15) is 4.79 Å². The predicted molar refractivity (Wildman–Crippen MR) is 67.2 cm³/mol. The van der Waals surface area contributed by atoms with Crippen LogP contribution in [0, 0.1) is 5.92 Å². The molecule has 0 aliphatic carbocycles. The number of amides is 1. The molecule has 0 heterocycles. The van der Waals surface area contributed by atoms with Crippen molar-refractivity contribution in [3.05, 3.63) is 0 Å². The second-order valence-corrected chi connectivity index (χ2v) is 4.58. The Balaban J connectivity index is 0. The van der Waals surface area contributed by atoms with Crippen LogP contribution in [-0.4, -0.2) is 29.4 Å². The van der Waals surface area contributed by atoms with Crippen molar-refractivity contribution in [2.24, 2.45) is 11.7 Å². The molecule has 0 bridgehead atoms. The van der Waals surface area contributed by atoms with Crippen molar-refractivity contribution in [1.82, 2.24) is 4.90 Å². The Bertz CT molecular complexity index is 190. The summed E-state index contributed by atoms with van der Waals surface area (Å²) < 4.78 is 0. The van der Waals surface area contributed by atoms with Gasteiger partial charge in [-0.25, -0.2) is 0 Å². The summed E-state index contributed by atoms with van der Waals surface area (Å²) in [4.78, 5) is 13.7. The van der Waals surface area contributed by atoms with Crippen molar-refractivity contribution in [3.8, 4) is 0 Å². The van der Waals surface area contributed by atoms with E-state index in [0.717, 1.165) is 19.5 Å². The maximum absolute atomic E-state index is 11.8. The molecular formula is C11H25ClN2O. The van der Waals surface area contributed by atoms with Gasteiger partial charge in [-0.1, -0.05) is 20.3 Å². The summed E-state index contributed by atoms with van der Waals surface area (Å²) in [6.45, 7) is 11.3. The van der Waals surface area contributed by atoms with E-state index < -0.39 is 5.54 Å². The number of likely N-dealkylation sites (N-methyl/N-ethyl adjacent to an activating group) is 1. The molecule has 0 aromatic heterocycles. The summed E-state index contributed by atoms with van der Waals surface area (Å²) in [5.74, 6) is 0.585. The first-order valence-electron chi connectivity index (χ1n) is 5.41. The van der Waals surface area contributed by atoms with E-state index in [4.69, 9.17) is 5.73 Å². The van der Waals surface area contributed by atoms with Gasteiger partial charge >= 0.3 is 0 Å². The molecular weight excluding hydrogens is 212 g/mol. The van der Waals surface area contributed by atoms with E-state index in [1.807, 2.05) is 11.8 Å². The molecule has 0 aromatic carbocycles. The number of halogens is 1. The molecule has 1 unspecified atom stereocenters. The number of carbonyl (C=O) groups excluding carboxylic acids is 1. The van der Waals surface area contributed by atoms with Crippen LogP contribution in [0.25, 0.3) is 0 Å². The third kappa shape index (κ3) is 6.00. The molecule has 0 aliphatic heterocycles. The van der Waals surface area contributed by atoms with Gasteiger partial charge in [-0.2, -0.15) is 0 Å². The second-order valence-electron chi connectivity index (χ2n) is 4.58. The number of nitrogens with zero attached hydrogens (tertiary/aromatic N) is 1. The van der Waals surface area contributed by atoms with Crippen LogP contribution in [0.4, 0.5) is 0 Å². The van der Waals surface area contributed by atoms with Gasteiger partial charge < -0.3 is 10.6 Å². The fourth-order valence-electron chi connectivity index (χ4n) is 1.27.